The van der Waals surface area contributed by atoms with Gasteiger partial charge in [0.05, 0.1) is 13.2 Å². The Labute approximate surface area is 142 Å². The predicted molar refractivity (Wildman–Crippen MR) is 88.1 cm³/mol. The Balaban J connectivity index is 2.11. The van der Waals surface area contributed by atoms with E-state index in [1.807, 2.05) is 6.92 Å². The number of hydrogen-bond acceptors (Lipinski definition) is 5. The molecule has 1 aliphatic rings. The fraction of sp³-hybridized carbons (Fsp3) is 0.647. The minimum atomic E-state index is -0.383. The smallest absolute Gasteiger partial charge is 0.253 e. The molecule has 0 aliphatic carbocycles. The zero-order chi connectivity index (χ0) is 17.9. The number of unbranched alkanes of at least 4 members (excludes halogenated alkanes) is 1. The van der Waals surface area contributed by atoms with Crippen LogP contribution in [0.15, 0.2) is 12.2 Å². The van der Waals surface area contributed by atoms with Crippen LogP contribution in [0.2, 0.25) is 0 Å². The molecule has 0 aromatic carbocycles. The van der Waals surface area contributed by atoms with Gasteiger partial charge in [0, 0.05) is 51.6 Å². The largest absolute Gasteiger partial charge is 0.379 e. The summed E-state index contributed by atoms with van der Waals surface area (Å²) in [5.74, 6) is -0.724. The molecule has 1 aliphatic heterocycles. The van der Waals surface area contributed by atoms with Crippen LogP contribution < -0.4 is 0 Å². The van der Waals surface area contributed by atoms with Gasteiger partial charge in [0.2, 0.25) is 5.91 Å². The zero-order valence-corrected chi connectivity index (χ0v) is 14.5. The molecule has 0 unspecified atom stereocenters. The number of hydrogen-bond donors (Lipinski definition) is 0. The molecular weight excluding hydrogens is 312 g/mol. The van der Waals surface area contributed by atoms with Crippen LogP contribution in [0.3, 0.4) is 0 Å². The molecule has 0 saturated carbocycles. The molecule has 3 amide bonds. The molecule has 0 saturated heterocycles. The van der Waals surface area contributed by atoms with Gasteiger partial charge in [-0.2, -0.15) is 0 Å². The van der Waals surface area contributed by atoms with Gasteiger partial charge < -0.3 is 9.64 Å². The van der Waals surface area contributed by atoms with Crippen molar-refractivity contribution >= 4 is 23.5 Å². The summed E-state index contributed by atoms with van der Waals surface area (Å²) in [5, 5.41) is 0. The highest BCUT2D eigenvalue weighted by Crippen LogP contribution is 2.05. The Bertz CT molecular complexity index is 483. The number of likely N-dealkylation sites (N-methyl/N-ethyl adjacent to an activating group) is 1. The number of amides is 3. The predicted octanol–water partition coefficient (Wildman–Crippen LogP) is 0.926. The monoisotopic (exact) mass is 338 g/mol. The van der Waals surface area contributed by atoms with Crippen LogP contribution in [0.1, 0.15) is 39.0 Å². The molecule has 1 rings (SSSR count). The number of carbonyl (C=O) groups excluding carboxylic acids is 4. The SMILES string of the molecule is CCCCC(=O)CCOCCN(C)C(=O)CCN1C(=O)C=CC1=O. The lowest BCUT2D eigenvalue weighted by molar-refractivity contribution is -0.138. The Hall–Kier alpha value is -2.02. The van der Waals surface area contributed by atoms with Crippen LogP contribution in [0.4, 0.5) is 0 Å². The summed E-state index contributed by atoms with van der Waals surface area (Å²) in [4.78, 5) is 48.7. The highest BCUT2D eigenvalue weighted by atomic mass is 16.5. The first-order chi connectivity index (χ1) is 11.5. The summed E-state index contributed by atoms with van der Waals surface area (Å²) in [6.07, 6.45) is 5.41. The highest BCUT2D eigenvalue weighted by molar-refractivity contribution is 6.13. The van der Waals surface area contributed by atoms with Crippen LogP contribution >= 0.6 is 0 Å². The van der Waals surface area contributed by atoms with E-state index in [1.54, 1.807) is 7.05 Å². The van der Waals surface area contributed by atoms with Crippen molar-refractivity contribution in [1.29, 1.82) is 0 Å². The van der Waals surface area contributed by atoms with E-state index >= 15 is 0 Å². The number of ketones is 1. The van der Waals surface area contributed by atoms with E-state index in [-0.39, 0.29) is 36.5 Å². The molecule has 7 nitrogen and oxygen atoms in total. The molecule has 0 N–H and O–H groups in total. The lowest BCUT2D eigenvalue weighted by Crippen LogP contribution is -2.36. The van der Waals surface area contributed by atoms with Crippen LogP contribution in [0.5, 0.6) is 0 Å². The molecule has 0 aromatic rings. The third-order valence-electron chi connectivity index (χ3n) is 3.78. The number of rotatable bonds is 12. The Morgan fingerprint density at radius 1 is 1.08 bits per heavy atom. The molecule has 1 heterocycles. The fourth-order valence-corrected chi connectivity index (χ4v) is 2.16. The van der Waals surface area contributed by atoms with E-state index < -0.39 is 0 Å². The van der Waals surface area contributed by atoms with Crippen molar-refractivity contribution in [3.8, 4) is 0 Å². The Morgan fingerprint density at radius 3 is 2.38 bits per heavy atom. The van der Waals surface area contributed by atoms with E-state index in [0.717, 1.165) is 17.7 Å². The van der Waals surface area contributed by atoms with Gasteiger partial charge in [-0.25, -0.2) is 0 Å². The van der Waals surface area contributed by atoms with Gasteiger partial charge >= 0.3 is 0 Å². The lowest BCUT2D eigenvalue weighted by atomic mass is 10.1. The molecule has 0 fully saturated rings. The second kappa shape index (κ2) is 10.7. The summed E-state index contributed by atoms with van der Waals surface area (Å²) in [6, 6.07) is 0. The van der Waals surface area contributed by atoms with E-state index in [4.69, 9.17) is 4.74 Å². The molecule has 7 heteroatoms. The van der Waals surface area contributed by atoms with Gasteiger partial charge in [0.15, 0.2) is 0 Å². The van der Waals surface area contributed by atoms with Gasteiger partial charge in [-0.1, -0.05) is 13.3 Å². The first-order valence-electron chi connectivity index (χ1n) is 8.32. The number of imide groups is 1. The minimum absolute atomic E-state index is 0.0840. The van der Waals surface area contributed by atoms with Crippen LogP contribution in [-0.2, 0) is 23.9 Å². The lowest BCUT2D eigenvalue weighted by Gasteiger charge is -2.19. The first kappa shape index (κ1) is 20.0. The normalized spacial score (nSPS) is 13.7. The summed E-state index contributed by atoms with van der Waals surface area (Å²) in [5.41, 5.74) is 0. The van der Waals surface area contributed by atoms with Crippen molar-refractivity contribution in [3.63, 3.8) is 0 Å². The van der Waals surface area contributed by atoms with Crippen molar-refractivity contribution in [2.24, 2.45) is 0 Å². The standard InChI is InChI=1S/C17H26N2O5/c1-3-4-5-14(20)9-12-24-13-11-18(2)15(21)8-10-19-16(22)6-7-17(19)23/h6-7H,3-5,8-13H2,1-2H3. The molecule has 0 atom stereocenters. The van der Waals surface area contributed by atoms with Crippen LogP contribution in [-0.4, -0.2) is 66.7 Å². The van der Waals surface area contributed by atoms with Gasteiger partial charge in [-0.05, 0) is 6.42 Å². The van der Waals surface area contributed by atoms with Gasteiger partial charge in [0.25, 0.3) is 11.8 Å². The maximum atomic E-state index is 11.9. The number of ether oxygens (including phenoxy) is 1. The average Bonchev–Trinajstić information content (AvgIpc) is 2.88. The van der Waals surface area contributed by atoms with E-state index in [0.29, 0.717) is 32.6 Å². The molecule has 24 heavy (non-hydrogen) atoms. The van der Waals surface area contributed by atoms with Crippen LogP contribution in [0, 0.1) is 0 Å². The molecule has 0 aromatic heterocycles. The fourth-order valence-electron chi connectivity index (χ4n) is 2.16. The van der Waals surface area contributed by atoms with E-state index in [9.17, 15) is 19.2 Å². The van der Waals surface area contributed by atoms with Crippen molar-refractivity contribution in [1.82, 2.24) is 9.80 Å². The molecule has 0 bridgehead atoms. The molecule has 134 valence electrons. The van der Waals surface area contributed by atoms with Crippen LogP contribution in [0.25, 0.3) is 0 Å². The second-order valence-corrected chi connectivity index (χ2v) is 5.73. The van der Waals surface area contributed by atoms with Crippen molar-refractivity contribution in [2.75, 3.05) is 33.4 Å². The quantitative estimate of drug-likeness (QED) is 0.390. The topological polar surface area (TPSA) is 84.0 Å². The molecule has 0 spiro atoms. The van der Waals surface area contributed by atoms with Crippen molar-refractivity contribution in [2.45, 2.75) is 39.0 Å². The number of nitrogens with zero attached hydrogens (tertiary/aromatic N) is 2. The minimum Gasteiger partial charge on any atom is -0.379 e. The van der Waals surface area contributed by atoms with Gasteiger partial charge in [0.1, 0.15) is 5.78 Å². The number of Topliss-reactive ketones (excluding diaryl/α,β-unsaturated/α-hetero) is 1. The highest BCUT2D eigenvalue weighted by Gasteiger charge is 2.24. The van der Waals surface area contributed by atoms with Gasteiger partial charge in [-0.3, -0.25) is 24.1 Å². The maximum absolute atomic E-state index is 11.9. The average molecular weight is 338 g/mol. The first-order valence-corrected chi connectivity index (χ1v) is 8.32. The maximum Gasteiger partial charge on any atom is 0.253 e. The third kappa shape index (κ3) is 7.04. The molecule has 0 radical (unpaired) electrons. The third-order valence-corrected chi connectivity index (χ3v) is 3.78. The van der Waals surface area contributed by atoms with Gasteiger partial charge in [-0.15, -0.1) is 0 Å². The summed E-state index contributed by atoms with van der Waals surface area (Å²) in [6.45, 7) is 3.25. The summed E-state index contributed by atoms with van der Waals surface area (Å²) >= 11 is 0. The zero-order valence-electron chi connectivity index (χ0n) is 14.5. The number of carbonyl (C=O) groups is 4. The van der Waals surface area contributed by atoms with E-state index in [1.165, 1.54) is 17.1 Å². The Kier molecular flexibility index (Phi) is 8.93. The molecular formula is C17H26N2O5. The summed E-state index contributed by atoms with van der Waals surface area (Å²) < 4.78 is 5.37. The van der Waals surface area contributed by atoms with E-state index in [2.05, 4.69) is 0 Å². The van der Waals surface area contributed by atoms with Crippen molar-refractivity contribution < 1.29 is 23.9 Å². The summed E-state index contributed by atoms with van der Waals surface area (Å²) in [7, 11) is 1.64. The Morgan fingerprint density at radius 2 is 1.75 bits per heavy atom. The second-order valence-electron chi connectivity index (χ2n) is 5.73. The van der Waals surface area contributed by atoms with Crippen molar-refractivity contribution in [3.05, 3.63) is 12.2 Å².